The highest BCUT2D eigenvalue weighted by atomic mass is 35.5. The molecule has 1 N–H and O–H groups in total. The van der Waals surface area contributed by atoms with Crippen molar-refractivity contribution < 1.29 is 13.2 Å². The smallest absolute Gasteiger partial charge is 0.318 e. The van der Waals surface area contributed by atoms with Crippen LogP contribution in [0.1, 0.15) is 5.82 Å². The molecule has 0 aliphatic heterocycles. The lowest BCUT2D eigenvalue weighted by Crippen LogP contribution is -2.38. The van der Waals surface area contributed by atoms with Crippen molar-refractivity contribution in [2.45, 2.75) is 12.7 Å². The third kappa shape index (κ3) is 6.16. The zero-order valence-electron chi connectivity index (χ0n) is 9.09. The number of hydrogen-bond donors (Lipinski definition) is 1. The quantitative estimate of drug-likeness (QED) is 0.866. The van der Waals surface area contributed by atoms with Gasteiger partial charge in [0.05, 0.1) is 13.1 Å². The summed E-state index contributed by atoms with van der Waals surface area (Å²) in [7, 11) is 1.68. The summed E-state index contributed by atoms with van der Waals surface area (Å²) in [4.78, 5) is 5.06. The molecule has 1 aromatic heterocycles. The first-order valence-electron chi connectivity index (χ1n) is 4.82. The van der Waals surface area contributed by atoms with Gasteiger partial charge in [-0.1, -0.05) is 0 Å². The molecule has 0 fully saturated rings. The molecular formula is C8H12ClF3N4S. The molecule has 17 heavy (non-hydrogen) atoms. The maximum absolute atomic E-state index is 12.3. The number of halogens is 4. The molecule has 1 aromatic rings. The number of nitrogens with zero attached hydrogens (tertiary/aromatic N) is 3. The summed E-state index contributed by atoms with van der Waals surface area (Å²) in [5.41, 5.74) is 0. The van der Waals surface area contributed by atoms with Gasteiger partial charge < -0.3 is 5.32 Å². The minimum absolute atomic E-state index is 0.0460. The molecule has 0 radical (unpaired) electrons. The first-order chi connectivity index (χ1) is 7.90. The molecule has 98 valence electrons. The van der Waals surface area contributed by atoms with Crippen LogP contribution in [0.15, 0.2) is 0 Å². The molecule has 0 aliphatic carbocycles. The Morgan fingerprint density at radius 3 is 2.65 bits per heavy atom. The summed E-state index contributed by atoms with van der Waals surface area (Å²) < 4.78 is 41.0. The van der Waals surface area contributed by atoms with E-state index in [9.17, 15) is 13.2 Å². The maximum atomic E-state index is 12.3. The predicted molar refractivity (Wildman–Crippen MR) is 60.2 cm³/mol. The molecule has 0 aliphatic rings. The Balaban J connectivity index is 2.56. The van der Waals surface area contributed by atoms with Crippen molar-refractivity contribution in [2.24, 2.45) is 0 Å². The zero-order valence-corrected chi connectivity index (χ0v) is 10.7. The second-order valence-corrected chi connectivity index (χ2v) is 4.73. The Hall–Kier alpha value is -0.440. The zero-order chi connectivity index (χ0) is 12.9. The second-order valence-electron chi connectivity index (χ2n) is 3.39. The Morgan fingerprint density at radius 1 is 1.47 bits per heavy atom. The second kappa shape index (κ2) is 6.48. The largest absolute Gasteiger partial charge is 0.401 e. The van der Waals surface area contributed by atoms with Gasteiger partial charge in [-0.15, -0.1) is 0 Å². The van der Waals surface area contributed by atoms with E-state index in [1.807, 2.05) is 0 Å². The number of nitrogens with one attached hydrogen (secondary N) is 1. The fourth-order valence-electron chi connectivity index (χ4n) is 1.23. The Bertz CT molecular complexity index is 344. The highest BCUT2D eigenvalue weighted by Crippen LogP contribution is 2.18. The van der Waals surface area contributed by atoms with Crippen LogP contribution in [0.3, 0.4) is 0 Å². The van der Waals surface area contributed by atoms with Gasteiger partial charge >= 0.3 is 6.18 Å². The van der Waals surface area contributed by atoms with Gasteiger partial charge in [0.25, 0.3) is 0 Å². The van der Waals surface area contributed by atoms with Crippen molar-refractivity contribution >= 4 is 23.1 Å². The van der Waals surface area contributed by atoms with Gasteiger partial charge in [-0.25, -0.2) is 4.98 Å². The molecule has 1 rings (SSSR count). The highest BCUT2D eigenvalue weighted by Gasteiger charge is 2.30. The summed E-state index contributed by atoms with van der Waals surface area (Å²) >= 11 is 6.54. The van der Waals surface area contributed by atoms with Crippen molar-refractivity contribution in [3.05, 3.63) is 10.3 Å². The lowest BCUT2D eigenvalue weighted by atomic mass is 10.4. The third-order valence-electron chi connectivity index (χ3n) is 1.89. The van der Waals surface area contributed by atoms with Crippen LogP contribution in [0.4, 0.5) is 13.2 Å². The van der Waals surface area contributed by atoms with Crippen LogP contribution in [0.5, 0.6) is 0 Å². The van der Waals surface area contributed by atoms with Gasteiger partial charge in [0.1, 0.15) is 0 Å². The van der Waals surface area contributed by atoms with Crippen LogP contribution < -0.4 is 5.32 Å². The van der Waals surface area contributed by atoms with E-state index < -0.39 is 12.7 Å². The van der Waals surface area contributed by atoms with Crippen molar-refractivity contribution in [1.29, 1.82) is 0 Å². The van der Waals surface area contributed by atoms with Crippen molar-refractivity contribution in [1.82, 2.24) is 19.6 Å². The van der Waals surface area contributed by atoms with Gasteiger partial charge in [0.15, 0.2) is 5.82 Å². The third-order valence-corrected chi connectivity index (χ3v) is 2.72. The molecule has 0 saturated heterocycles. The first-order valence-corrected chi connectivity index (χ1v) is 5.97. The summed E-state index contributed by atoms with van der Waals surface area (Å²) in [6.07, 6.45) is -4.23. The van der Waals surface area contributed by atoms with Crippen LogP contribution in [-0.2, 0) is 6.54 Å². The molecule has 0 unspecified atom stereocenters. The molecular weight excluding hydrogens is 277 g/mol. The Morgan fingerprint density at radius 2 is 2.18 bits per heavy atom. The van der Waals surface area contributed by atoms with Crippen LogP contribution in [-0.4, -0.2) is 47.1 Å². The van der Waals surface area contributed by atoms with Gasteiger partial charge in [-0.2, -0.15) is 17.5 Å². The molecule has 0 aromatic carbocycles. The molecule has 0 amide bonds. The fourth-order valence-corrected chi connectivity index (χ4v) is 1.86. The minimum Gasteiger partial charge on any atom is -0.318 e. The molecule has 1 heterocycles. The number of aromatic nitrogens is 2. The van der Waals surface area contributed by atoms with Crippen LogP contribution in [0.2, 0.25) is 4.47 Å². The molecule has 0 atom stereocenters. The average molecular weight is 289 g/mol. The van der Waals surface area contributed by atoms with E-state index in [1.165, 1.54) is 4.90 Å². The molecule has 0 saturated carbocycles. The van der Waals surface area contributed by atoms with Crippen LogP contribution in [0.25, 0.3) is 0 Å². The van der Waals surface area contributed by atoms with Gasteiger partial charge in [0, 0.05) is 13.1 Å². The summed E-state index contributed by atoms with van der Waals surface area (Å²) in [5.74, 6) is 0.320. The van der Waals surface area contributed by atoms with E-state index in [0.29, 0.717) is 12.4 Å². The minimum atomic E-state index is -4.23. The highest BCUT2D eigenvalue weighted by molar-refractivity contribution is 7.10. The summed E-state index contributed by atoms with van der Waals surface area (Å²) in [5, 5.41) is 2.80. The van der Waals surface area contributed by atoms with Crippen molar-refractivity contribution in [3.63, 3.8) is 0 Å². The summed E-state index contributed by atoms with van der Waals surface area (Å²) in [6, 6.07) is 0. The Kier molecular flexibility index (Phi) is 5.57. The van der Waals surface area contributed by atoms with E-state index >= 15 is 0 Å². The molecule has 0 bridgehead atoms. The first kappa shape index (κ1) is 14.6. The van der Waals surface area contributed by atoms with E-state index in [0.717, 1.165) is 11.5 Å². The fraction of sp³-hybridized carbons (Fsp3) is 0.750. The number of alkyl halides is 3. The van der Waals surface area contributed by atoms with E-state index in [-0.39, 0.29) is 17.6 Å². The van der Waals surface area contributed by atoms with Crippen LogP contribution in [0, 0.1) is 0 Å². The number of likely N-dealkylation sites (N-methyl/N-ethyl adjacent to an activating group) is 1. The maximum Gasteiger partial charge on any atom is 0.401 e. The van der Waals surface area contributed by atoms with E-state index in [1.54, 1.807) is 7.05 Å². The monoisotopic (exact) mass is 288 g/mol. The number of hydrogen-bond acceptors (Lipinski definition) is 5. The SMILES string of the molecule is CNCCN(Cc1nsc(Cl)n1)CC(F)(F)F. The molecule has 4 nitrogen and oxygen atoms in total. The predicted octanol–water partition coefficient (Wildman–Crippen LogP) is 1.78. The lowest BCUT2D eigenvalue weighted by Gasteiger charge is -2.21. The molecule has 0 spiro atoms. The average Bonchev–Trinajstić information content (AvgIpc) is 2.58. The molecule has 9 heteroatoms. The van der Waals surface area contributed by atoms with Crippen molar-refractivity contribution in [3.8, 4) is 0 Å². The Labute approximate surface area is 106 Å². The normalized spacial score (nSPS) is 12.4. The van der Waals surface area contributed by atoms with E-state index in [4.69, 9.17) is 11.6 Å². The topological polar surface area (TPSA) is 41.0 Å². The van der Waals surface area contributed by atoms with Crippen molar-refractivity contribution in [2.75, 3.05) is 26.7 Å². The summed E-state index contributed by atoms with van der Waals surface area (Å²) in [6.45, 7) is -0.198. The van der Waals surface area contributed by atoms with Crippen LogP contribution >= 0.6 is 23.1 Å². The van der Waals surface area contributed by atoms with Gasteiger partial charge in [0.2, 0.25) is 4.47 Å². The standard InChI is InChI=1S/C8H12ClF3N4S/c1-13-2-3-16(5-8(10,11)12)4-6-14-7(9)17-15-6/h13H,2-5H2,1H3. The van der Waals surface area contributed by atoms with E-state index in [2.05, 4.69) is 14.7 Å². The lowest BCUT2D eigenvalue weighted by molar-refractivity contribution is -0.147. The van der Waals surface area contributed by atoms with Gasteiger partial charge in [-0.3, -0.25) is 4.90 Å². The number of rotatable bonds is 6. The van der Waals surface area contributed by atoms with Gasteiger partial charge in [-0.05, 0) is 30.2 Å².